The van der Waals surface area contributed by atoms with Crippen molar-refractivity contribution in [3.05, 3.63) is 47.4 Å². The fourth-order valence-electron chi connectivity index (χ4n) is 3.22. The van der Waals surface area contributed by atoms with Crippen LogP contribution in [-0.2, 0) is 4.84 Å². The lowest BCUT2D eigenvalue weighted by atomic mass is 10.1. The van der Waals surface area contributed by atoms with Crippen LogP contribution in [-0.4, -0.2) is 50.1 Å². The molecule has 2 aromatic rings. The van der Waals surface area contributed by atoms with Crippen LogP contribution >= 0.6 is 0 Å². The fraction of sp³-hybridized carbons (Fsp3) is 0.350. The van der Waals surface area contributed by atoms with Crippen LogP contribution in [0.25, 0.3) is 0 Å². The SMILES string of the molecule is CNC(=O)c1ccc(Nc2cc(NC3CCNCC3)c(C(=O)NOC)cn2)cc1F. The molecule has 160 valence electrons. The summed E-state index contributed by atoms with van der Waals surface area (Å²) < 4.78 is 14.2. The van der Waals surface area contributed by atoms with E-state index in [2.05, 4.69) is 31.7 Å². The van der Waals surface area contributed by atoms with Crippen LogP contribution in [0.15, 0.2) is 30.5 Å². The number of hydrogen-bond acceptors (Lipinski definition) is 7. The van der Waals surface area contributed by atoms with E-state index >= 15 is 0 Å². The van der Waals surface area contributed by atoms with Crippen molar-refractivity contribution in [3.63, 3.8) is 0 Å². The van der Waals surface area contributed by atoms with Crippen LogP contribution in [0.1, 0.15) is 33.6 Å². The third-order valence-electron chi connectivity index (χ3n) is 4.76. The summed E-state index contributed by atoms with van der Waals surface area (Å²) >= 11 is 0. The Labute approximate surface area is 173 Å². The summed E-state index contributed by atoms with van der Waals surface area (Å²) in [7, 11) is 2.80. The summed E-state index contributed by atoms with van der Waals surface area (Å²) in [6.45, 7) is 1.79. The number of rotatable bonds is 7. The second-order valence-electron chi connectivity index (χ2n) is 6.82. The quantitative estimate of drug-likeness (QED) is 0.437. The first-order chi connectivity index (χ1) is 14.5. The number of pyridine rings is 1. The van der Waals surface area contributed by atoms with Crippen molar-refractivity contribution in [2.45, 2.75) is 18.9 Å². The maximum Gasteiger partial charge on any atom is 0.278 e. The predicted octanol–water partition coefficient (Wildman–Crippen LogP) is 1.78. The van der Waals surface area contributed by atoms with E-state index in [9.17, 15) is 14.0 Å². The lowest BCUT2D eigenvalue weighted by Crippen LogP contribution is -2.36. The summed E-state index contributed by atoms with van der Waals surface area (Å²) in [5, 5.41) is 12.1. The van der Waals surface area contributed by atoms with Crippen molar-refractivity contribution >= 4 is 29.0 Å². The van der Waals surface area contributed by atoms with Gasteiger partial charge in [0.2, 0.25) is 0 Å². The van der Waals surface area contributed by atoms with E-state index in [-0.39, 0.29) is 11.6 Å². The van der Waals surface area contributed by atoms with Gasteiger partial charge in [-0.25, -0.2) is 14.9 Å². The minimum absolute atomic E-state index is 0.0455. The van der Waals surface area contributed by atoms with Crippen molar-refractivity contribution in [2.24, 2.45) is 0 Å². The number of carbonyl (C=O) groups excluding carboxylic acids is 2. The number of nitrogens with one attached hydrogen (secondary N) is 5. The monoisotopic (exact) mass is 416 g/mol. The molecule has 1 aliphatic rings. The number of amides is 2. The number of aromatic nitrogens is 1. The van der Waals surface area contributed by atoms with Gasteiger partial charge in [-0.2, -0.15) is 0 Å². The smallest absolute Gasteiger partial charge is 0.278 e. The predicted molar refractivity (Wildman–Crippen MR) is 111 cm³/mol. The van der Waals surface area contributed by atoms with E-state index < -0.39 is 17.6 Å². The van der Waals surface area contributed by atoms with Gasteiger partial charge in [-0.1, -0.05) is 0 Å². The molecule has 0 unspecified atom stereocenters. The van der Waals surface area contributed by atoms with Gasteiger partial charge in [-0.3, -0.25) is 14.4 Å². The molecule has 0 bridgehead atoms. The molecule has 30 heavy (non-hydrogen) atoms. The zero-order valence-corrected chi connectivity index (χ0v) is 16.8. The van der Waals surface area contributed by atoms with Gasteiger partial charge in [0.15, 0.2) is 0 Å². The van der Waals surface area contributed by atoms with Gasteiger partial charge in [-0.15, -0.1) is 0 Å². The van der Waals surface area contributed by atoms with Crippen LogP contribution in [0.4, 0.5) is 21.6 Å². The van der Waals surface area contributed by atoms with Crippen LogP contribution in [0, 0.1) is 5.82 Å². The first-order valence-electron chi connectivity index (χ1n) is 9.61. The molecule has 10 heteroatoms. The van der Waals surface area contributed by atoms with Crippen LogP contribution < -0.4 is 26.7 Å². The largest absolute Gasteiger partial charge is 0.381 e. The van der Waals surface area contributed by atoms with Crippen LogP contribution in [0.2, 0.25) is 0 Å². The number of piperidine rings is 1. The molecule has 3 rings (SSSR count). The van der Waals surface area contributed by atoms with Gasteiger partial charge in [0.1, 0.15) is 11.6 Å². The minimum atomic E-state index is -0.650. The molecule has 1 aromatic heterocycles. The van der Waals surface area contributed by atoms with Gasteiger partial charge in [0, 0.05) is 31.0 Å². The third kappa shape index (κ3) is 5.22. The fourth-order valence-corrected chi connectivity index (χ4v) is 3.22. The minimum Gasteiger partial charge on any atom is -0.381 e. The van der Waals surface area contributed by atoms with Gasteiger partial charge in [-0.05, 0) is 44.1 Å². The second kappa shape index (κ2) is 9.99. The average molecular weight is 416 g/mol. The van der Waals surface area contributed by atoms with Gasteiger partial charge in [0.25, 0.3) is 11.8 Å². The maximum atomic E-state index is 14.2. The Morgan fingerprint density at radius 1 is 1.17 bits per heavy atom. The van der Waals surface area contributed by atoms with Crippen molar-refractivity contribution in [1.29, 1.82) is 0 Å². The topological polar surface area (TPSA) is 116 Å². The van der Waals surface area contributed by atoms with Crippen LogP contribution in [0.3, 0.4) is 0 Å². The Morgan fingerprint density at radius 3 is 2.60 bits per heavy atom. The number of hydroxylamine groups is 1. The normalized spacial score (nSPS) is 14.1. The number of nitrogens with zero attached hydrogens (tertiary/aromatic N) is 1. The Hall–Kier alpha value is -3.24. The molecule has 0 radical (unpaired) electrons. The highest BCUT2D eigenvalue weighted by Crippen LogP contribution is 2.25. The van der Waals surface area contributed by atoms with Gasteiger partial charge >= 0.3 is 0 Å². The molecule has 2 heterocycles. The number of anilines is 3. The molecule has 0 aliphatic carbocycles. The van der Waals surface area contributed by atoms with Gasteiger partial charge < -0.3 is 21.3 Å². The molecule has 1 fully saturated rings. The summed E-state index contributed by atoms with van der Waals surface area (Å²) in [5.74, 6) is -1.15. The van der Waals surface area contributed by atoms with E-state index in [1.54, 1.807) is 12.1 Å². The highest BCUT2D eigenvalue weighted by atomic mass is 19.1. The average Bonchev–Trinajstić information content (AvgIpc) is 2.74. The molecule has 0 atom stereocenters. The van der Waals surface area contributed by atoms with Crippen molar-refractivity contribution in [2.75, 3.05) is 37.9 Å². The summed E-state index contributed by atoms with van der Waals surface area (Å²) in [4.78, 5) is 32.9. The molecular formula is C20H25FN6O3. The molecule has 5 N–H and O–H groups in total. The molecule has 2 amide bonds. The van der Waals surface area contributed by atoms with Crippen molar-refractivity contribution in [1.82, 2.24) is 21.1 Å². The maximum absolute atomic E-state index is 14.2. The zero-order chi connectivity index (χ0) is 21.5. The molecule has 9 nitrogen and oxygen atoms in total. The van der Waals surface area contributed by atoms with Crippen molar-refractivity contribution < 1.29 is 18.8 Å². The molecule has 0 spiro atoms. The molecular weight excluding hydrogens is 391 g/mol. The van der Waals surface area contributed by atoms with E-state index in [0.717, 1.165) is 25.9 Å². The van der Waals surface area contributed by atoms with Gasteiger partial charge in [0.05, 0.1) is 23.9 Å². The van der Waals surface area contributed by atoms with E-state index in [4.69, 9.17) is 4.84 Å². The highest BCUT2D eigenvalue weighted by molar-refractivity contribution is 5.99. The van der Waals surface area contributed by atoms with E-state index in [0.29, 0.717) is 22.8 Å². The van der Waals surface area contributed by atoms with E-state index in [1.807, 2.05) is 0 Å². The van der Waals surface area contributed by atoms with E-state index in [1.165, 1.54) is 32.5 Å². The lowest BCUT2D eigenvalue weighted by Gasteiger charge is -2.26. The standard InChI is InChI=1S/C20H25FN6O3/c1-22-19(28)14-4-3-13(9-16(14)21)26-18-10-17(25-12-5-7-23-8-6-12)15(11-24-18)20(29)27-30-2/h3-4,9-12,23H,5-8H2,1-2H3,(H,22,28)(H,27,29)(H2,24,25,26). The van der Waals surface area contributed by atoms with Crippen molar-refractivity contribution in [3.8, 4) is 0 Å². The summed E-state index contributed by atoms with van der Waals surface area (Å²) in [5.41, 5.74) is 3.61. The first kappa shape index (κ1) is 21.5. The lowest BCUT2D eigenvalue weighted by molar-refractivity contribution is 0.0538. The number of carbonyl (C=O) groups is 2. The van der Waals surface area contributed by atoms with Crippen LogP contribution in [0.5, 0.6) is 0 Å². The number of hydrogen-bond donors (Lipinski definition) is 5. The zero-order valence-electron chi connectivity index (χ0n) is 16.8. The Morgan fingerprint density at radius 2 is 1.93 bits per heavy atom. The second-order valence-corrected chi connectivity index (χ2v) is 6.82. The Kier molecular flexibility index (Phi) is 7.15. The third-order valence-corrected chi connectivity index (χ3v) is 4.76. The Bertz CT molecular complexity index is 917. The molecule has 0 saturated carbocycles. The Balaban J connectivity index is 1.84. The molecule has 1 aromatic carbocycles. The first-order valence-corrected chi connectivity index (χ1v) is 9.61. The molecule has 1 aliphatic heterocycles. The summed E-state index contributed by atoms with van der Waals surface area (Å²) in [6.07, 6.45) is 3.26. The summed E-state index contributed by atoms with van der Waals surface area (Å²) in [6, 6.07) is 6.10. The number of benzene rings is 1. The highest BCUT2D eigenvalue weighted by Gasteiger charge is 2.19. The molecule has 1 saturated heterocycles. The number of halogens is 1.